The van der Waals surface area contributed by atoms with Gasteiger partial charge in [0.25, 0.3) is 0 Å². The first-order chi connectivity index (χ1) is 8.42. The van der Waals surface area contributed by atoms with Gasteiger partial charge in [0.05, 0.1) is 5.69 Å². The summed E-state index contributed by atoms with van der Waals surface area (Å²) >= 11 is 7.38. The average Bonchev–Trinajstić information content (AvgIpc) is 2.76. The zero-order valence-electron chi connectivity index (χ0n) is 11.8. The Morgan fingerprint density at radius 2 is 1.83 bits per heavy atom. The number of alkyl halides is 2. The molecule has 0 aliphatic heterocycles. The molecule has 0 saturated heterocycles. The molecule has 0 unspecified atom stereocenters. The van der Waals surface area contributed by atoms with Crippen molar-refractivity contribution in [3.63, 3.8) is 0 Å². The van der Waals surface area contributed by atoms with Gasteiger partial charge in [0.1, 0.15) is 0 Å². The molecule has 0 aromatic carbocycles. The topological polar surface area (TPSA) is 17.8 Å². The SMILES string of the molecule is CC(C)CC(CBr)(CBr)Cc1ccn(C(C)C)n1. The second-order valence-corrected chi connectivity index (χ2v) is 7.04. The molecule has 0 atom stereocenters. The lowest BCUT2D eigenvalue weighted by Gasteiger charge is -2.31. The van der Waals surface area contributed by atoms with E-state index in [9.17, 15) is 0 Å². The maximum atomic E-state index is 4.67. The number of nitrogens with zero attached hydrogens (tertiary/aromatic N) is 2. The molecule has 0 radical (unpaired) electrons. The molecule has 0 bridgehead atoms. The van der Waals surface area contributed by atoms with Crippen LogP contribution in [0.1, 0.15) is 45.9 Å². The maximum Gasteiger partial charge on any atom is 0.0630 e. The van der Waals surface area contributed by atoms with Gasteiger partial charge < -0.3 is 0 Å². The Morgan fingerprint density at radius 1 is 1.22 bits per heavy atom. The number of hydrogen-bond donors (Lipinski definition) is 0. The second-order valence-electron chi connectivity index (χ2n) is 5.92. The molecule has 104 valence electrons. The monoisotopic (exact) mass is 378 g/mol. The van der Waals surface area contributed by atoms with Crippen molar-refractivity contribution >= 4 is 31.9 Å². The van der Waals surface area contributed by atoms with Crippen molar-refractivity contribution in [1.82, 2.24) is 9.78 Å². The van der Waals surface area contributed by atoms with Gasteiger partial charge in [0.15, 0.2) is 0 Å². The predicted octanol–water partition coefficient (Wildman–Crippen LogP) is 4.83. The van der Waals surface area contributed by atoms with Gasteiger partial charge in [0, 0.05) is 22.9 Å². The third-order valence-corrected chi connectivity index (χ3v) is 5.54. The lowest BCUT2D eigenvalue weighted by Crippen LogP contribution is -2.29. The predicted molar refractivity (Wildman–Crippen MR) is 85.8 cm³/mol. The normalized spacial score (nSPS) is 12.7. The van der Waals surface area contributed by atoms with Gasteiger partial charge >= 0.3 is 0 Å². The molecule has 0 aliphatic carbocycles. The summed E-state index contributed by atoms with van der Waals surface area (Å²) in [6.07, 6.45) is 4.32. The Morgan fingerprint density at radius 3 is 2.22 bits per heavy atom. The van der Waals surface area contributed by atoms with Crippen molar-refractivity contribution in [3.05, 3.63) is 18.0 Å². The minimum Gasteiger partial charge on any atom is -0.270 e. The summed E-state index contributed by atoms with van der Waals surface area (Å²) < 4.78 is 2.04. The molecule has 1 aromatic rings. The van der Waals surface area contributed by atoms with E-state index in [1.807, 2.05) is 4.68 Å². The van der Waals surface area contributed by atoms with Gasteiger partial charge in [-0.1, -0.05) is 45.7 Å². The Bertz CT molecular complexity index is 354. The molecule has 0 amide bonds. The van der Waals surface area contributed by atoms with E-state index < -0.39 is 0 Å². The van der Waals surface area contributed by atoms with Crippen LogP contribution in [0, 0.1) is 11.3 Å². The highest BCUT2D eigenvalue weighted by Gasteiger charge is 2.30. The van der Waals surface area contributed by atoms with E-state index in [4.69, 9.17) is 0 Å². The number of aromatic nitrogens is 2. The van der Waals surface area contributed by atoms with Gasteiger partial charge in [-0.15, -0.1) is 0 Å². The van der Waals surface area contributed by atoms with Crippen molar-refractivity contribution in [2.75, 3.05) is 10.7 Å². The fraction of sp³-hybridized carbons (Fsp3) is 0.786. The summed E-state index contributed by atoms with van der Waals surface area (Å²) in [7, 11) is 0. The third kappa shape index (κ3) is 4.37. The zero-order valence-corrected chi connectivity index (χ0v) is 15.0. The molecular weight excluding hydrogens is 356 g/mol. The number of halogens is 2. The molecule has 0 aliphatic rings. The molecule has 4 heteroatoms. The molecule has 0 saturated carbocycles. The highest BCUT2D eigenvalue weighted by Crippen LogP contribution is 2.34. The quantitative estimate of drug-likeness (QED) is 0.620. The van der Waals surface area contributed by atoms with Gasteiger partial charge in [-0.05, 0) is 44.1 Å². The van der Waals surface area contributed by atoms with Crippen LogP contribution in [-0.4, -0.2) is 20.4 Å². The molecule has 1 rings (SSSR count). The standard InChI is InChI=1S/C14H24Br2N2/c1-11(2)7-14(9-15,10-16)8-13-5-6-18(17-13)12(3)4/h5-6,11-12H,7-10H2,1-4H3. The average molecular weight is 380 g/mol. The van der Waals surface area contributed by atoms with Crippen LogP contribution >= 0.6 is 31.9 Å². The van der Waals surface area contributed by atoms with E-state index in [2.05, 4.69) is 76.9 Å². The molecule has 18 heavy (non-hydrogen) atoms. The van der Waals surface area contributed by atoms with Crippen LogP contribution in [0.2, 0.25) is 0 Å². The Hall–Kier alpha value is 0.170. The molecule has 0 N–H and O–H groups in total. The van der Waals surface area contributed by atoms with Crippen molar-refractivity contribution in [1.29, 1.82) is 0 Å². The Labute approximate surface area is 128 Å². The highest BCUT2D eigenvalue weighted by atomic mass is 79.9. The van der Waals surface area contributed by atoms with Gasteiger partial charge in [-0.3, -0.25) is 4.68 Å². The second kappa shape index (κ2) is 7.09. The van der Waals surface area contributed by atoms with Gasteiger partial charge in [-0.25, -0.2) is 0 Å². The van der Waals surface area contributed by atoms with Crippen LogP contribution in [-0.2, 0) is 6.42 Å². The third-order valence-electron chi connectivity index (χ3n) is 3.16. The molecule has 1 aromatic heterocycles. The molecule has 0 fully saturated rings. The van der Waals surface area contributed by atoms with E-state index in [1.54, 1.807) is 0 Å². The summed E-state index contributed by atoms with van der Waals surface area (Å²) in [6, 6.07) is 2.59. The van der Waals surface area contributed by atoms with E-state index >= 15 is 0 Å². The summed E-state index contributed by atoms with van der Waals surface area (Å²) in [4.78, 5) is 0. The van der Waals surface area contributed by atoms with Crippen molar-refractivity contribution in [3.8, 4) is 0 Å². The van der Waals surface area contributed by atoms with Crippen molar-refractivity contribution in [2.45, 2.75) is 46.6 Å². The van der Waals surface area contributed by atoms with Crippen molar-refractivity contribution in [2.24, 2.45) is 11.3 Å². The largest absolute Gasteiger partial charge is 0.270 e. The lowest BCUT2D eigenvalue weighted by molar-refractivity contribution is 0.300. The fourth-order valence-corrected chi connectivity index (χ4v) is 4.10. The van der Waals surface area contributed by atoms with Crippen LogP contribution in [0.25, 0.3) is 0 Å². The Balaban J connectivity index is 2.81. The fourth-order valence-electron chi connectivity index (χ4n) is 2.32. The van der Waals surface area contributed by atoms with E-state index in [0.717, 1.165) is 17.1 Å². The maximum absolute atomic E-state index is 4.67. The van der Waals surface area contributed by atoms with Crippen LogP contribution in [0.5, 0.6) is 0 Å². The summed E-state index contributed by atoms with van der Waals surface area (Å²) in [6.45, 7) is 8.89. The first-order valence-corrected chi connectivity index (χ1v) is 8.82. The lowest BCUT2D eigenvalue weighted by atomic mass is 9.80. The summed E-state index contributed by atoms with van der Waals surface area (Å²) in [5.41, 5.74) is 1.47. The molecule has 1 heterocycles. The van der Waals surface area contributed by atoms with E-state index in [-0.39, 0.29) is 5.41 Å². The van der Waals surface area contributed by atoms with Gasteiger partial charge in [0.2, 0.25) is 0 Å². The molecule has 0 spiro atoms. The number of hydrogen-bond acceptors (Lipinski definition) is 1. The van der Waals surface area contributed by atoms with Crippen LogP contribution in [0.15, 0.2) is 12.3 Å². The Kier molecular flexibility index (Phi) is 6.39. The van der Waals surface area contributed by atoms with E-state index in [1.165, 1.54) is 12.1 Å². The van der Waals surface area contributed by atoms with Crippen LogP contribution < -0.4 is 0 Å². The van der Waals surface area contributed by atoms with Crippen molar-refractivity contribution < 1.29 is 0 Å². The molecular formula is C14H24Br2N2. The van der Waals surface area contributed by atoms with Crippen LogP contribution in [0.3, 0.4) is 0 Å². The first kappa shape index (κ1) is 16.2. The van der Waals surface area contributed by atoms with Gasteiger partial charge in [-0.2, -0.15) is 5.10 Å². The smallest absolute Gasteiger partial charge is 0.0630 e. The summed E-state index contributed by atoms with van der Waals surface area (Å²) in [5, 5.41) is 6.70. The molecule has 2 nitrogen and oxygen atoms in total. The zero-order chi connectivity index (χ0) is 13.8. The highest BCUT2D eigenvalue weighted by molar-refractivity contribution is 9.09. The first-order valence-electron chi connectivity index (χ1n) is 6.58. The van der Waals surface area contributed by atoms with E-state index in [0.29, 0.717) is 12.0 Å². The minimum atomic E-state index is 0.268. The summed E-state index contributed by atoms with van der Waals surface area (Å²) in [5.74, 6) is 0.701. The van der Waals surface area contributed by atoms with Crippen LogP contribution in [0.4, 0.5) is 0 Å². The minimum absolute atomic E-state index is 0.268. The number of rotatable bonds is 7.